The van der Waals surface area contributed by atoms with Gasteiger partial charge in [0.15, 0.2) is 0 Å². The lowest BCUT2D eigenvalue weighted by Crippen LogP contribution is -2.44. The van der Waals surface area contributed by atoms with E-state index < -0.39 is 0 Å². The lowest BCUT2D eigenvalue weighted by molar-refractivity contribution is 0.130. The van der Waals surface area contributed by atoms with Gasteiger partial charge in [-0.25, -0.2) is 0 Å². The van der Waals surface area contributed by atoms with Crippen molar-refractivity contribution in [2.75, 3.05) is 13.2 Å². The molecule has 0 heterocycles. The van der Waals surface area contributed by atoms with E-state index in [-0.39, 0.29) is 11.5 Å². The van der Waals surface area contributed by atoms with Gasteiger partial charge in [-0.05, 0) is 31.7 Å². The molecule has 0 spiro atoms. The normalized spacial score (nSPS) is 19.9. The van der Waals surface area contributed by atoms with E-state index in [0.717, 1.165) is 19.6 Å². The number of benzene rings is 1. The summed E-state index contributed by atoms with van der Waals surface area (Å²) in [5, 5.41) is 0. The Morgan fingerprint density at radius 2 is 1.89 bits per heavy atom. The predicted octanol–water partition coefficient (Wildman–Crippen LogP) is 3.25. The van der Waals surface area contributed by atoms with Gasteiger partial charge in [-0.3, -0.25) is 0 Å². The summed E-state index contributed by atoms with van der Waals surface area (Å²) in [6, 6.07) is 11.0. The van der Waals surface area contributed by atoms with Crippen LogP contribution in [0.4, 0.5) is 0 Å². The fraction of sp³-hybridized carbons (Fsp3) is 0.625. The lowest BCUT2D eigenvalue weighted by atomic mass is 9.72. The van der Waals surface area contributed by atoms with Crippen LogP contribution in [-0.4, -0.2) is 19.3 Å². The molecule has 2 heteroatoms. The minimum atomic E-state index is 0.193. The van der Waals surface area contributed by atoms with Crippen molar-refractivity contribution in [3.8, 4) is 0 Å². The van der Waals surface area contributed by atoms with Crippen molar-refractivity contribution in [1.82, 2.24) is 0 Å². The summed E-state index contributed by atoms with van der Waals surface area (Å²) in [7, 11) is 0. The van der Waals surface area contributed by atoms with E-state index >= 15 is 0 Å². The largest absolute Gasteiger partial charge is 0.382 e. The van der Waals surface area contributed by atoms with E-state index in [0.29, 0.717) is 0 Å². The fourth-order valence-corrected chi connectivity index (χ4v) is 3.28. The Kier molecular flexibility index (Phi) is 4.79. The Labute approximate surface area is 111 Å². The van der Waals surface area contributed by atoms with Crippen molar-refractivity contribution in [3.63, 3.8) is 0 Å². The van der Waals surface area contributed by atoms with Gasteiger partial charge in [0, 0.05) is 24.7 Å². The molecule has 1 aliphatic carbocycles. The summed E-state index contributed by atoms with van der Waals surface area (Å²) in [6.45, 7) is 3.60. The number of hydrogen-bond donors (Lipinski definition) is 1. The van der Waals surface area contributed by atoms with Crippen LogP contribution in [-0.2, 0) is 10.2 Å². The first-order valence-electron chi connectivity index (χ1n) is 7.18. The van der Waals surface area contributed by atoms with E-state index in [4.69, 9.17) is 10.5 Å². The molecule has 2 N–H and O–H groups in total. The van der Waals surface area contributed by atoms with Crippen LogP contribution in [0.1, 0.15) is 44.6 Å². The molecule has 1 fully saturated rings. The zero-order valence-corrected chi connectivity index (χ0v) is 11.4. The van der Waals surface area contributed by atoms with E-state index in [1.165, 1.54) is 31.2 Å². The molecular formula is C16H25NO. The topological polar surface area (TPSA) is 35.2 Å². The highest BCUT2D eigenvalue weighted by molar-refractivity contribution is 5.29. The van der Waals surface area contributed by atoms with E-state index in [1.807, 2.05) is 6.92 Å². The average molecular weight is 247 g/mol. The third-order valence-electron chi connectivity index (χ3n) is 4.33. The first-order chi connectivity index (χ1) is 8.79. The highest BCUT2D eigenvalue weighted by atomic mass is 16.5. The molecule has 2 nitrogen and oxygen atoms in total. The monoisotopic (exact) mass is 247 g/mol. The van der Waals surface area contributed by atoms with E-state index in [2.05, 4.69) is 30.3 Å². The molecule has 0 amide bonds. The Morgan fingerprint density at radius 3 is 2.50 bits per heavy atom. The summed E-state index contributed by atoms with van der Waals surface area (Å²) in [4.78, 5) is 0. The van der Waals surface area contributed by atoms with E-state index in [1.54, 1.807) is 0 Å². The molecular weight excluding hydrogens is 222 g/mol. The molecule has 18 heavy (non-hydrogen) atoms. The standard InChI is InChI=1S/C16H25NO/c1-2-18-13-10-15(17)16(11-6-7-12-16)14-8-4-3-5-9-14/h3-5,8-9,15H,2,6-7,10-13,17H2,1H3. The van der Waals surface area contributed by atoms with Crippen LogP contribution in [0.2, 0.25) is 0 Å². The zero-order valence-electron chi connectivity index (χ0n) is 11.4. The third kappa shape index (κ3) is 2.76. The lowest BCUT2D eigenvalue weighted by Gasteiger charge is -2.36. The summed E-state index contributed by atoms with van der Waals surface area (Å²) >= 11 is 0. The van der Waals surface area contributed by atoms with Crippen LogP contribution in [0, 0.1) is 0 Å². The van der Waals surface area contributed by atoms with Gasteiger partial charge in [0.25, 0.3) is 0 Å². The first-order valence-corrected chi connectivity index (χ1v) is 7.18. The number of hydrogen-bond acceptors (Lipinski definition) is 2. The van der Waals surface area contributed by atoms with Crippen LogP contribution in [0.3, 0.4) is 0 Å². The minimum absolute atomic E-state index is 0.193. The summed E-state index contributed by atoms with van der Waals surface area (Å²) in [6.07, 6.45) is 6.02. The maximum atomic E-state index is 6.51. The molecule has 1 unspecified atom stereocenters. The Balaban J connectivity index is 2.12. The maximum absolute atomic E-state index is 6.51. The Morgan fingerprint density at radius 1 is 1.22 bits per heavy atom. The molecule has 1 aliphatic rings. The van der Waals surface area contributed by atoms with Crippen LogP contribution in [0.15, 0.2) is 30.3 Å². The number of nitrogens with two attached hydrogens (primary N) is 1. The fourth-order valence-electron chi connectivity index (χ4n) is 3.28. The van der Waals surface area contributed by atoms with Gasteiger partial charge < -0.3 is 10.5 Å². The summed E-state index contributed by atoms with van der Waals surface area (Å²) in [5.41, 5.74) is 8.12. The average Bonchev–Trinajstić information content (AvgIpc) is 2.90. The quantitative estimate of drug-likeness (QED) is 0.783. The van der Waals surface area contributed by atoms with Crippen molar-refractivity contribution in [1.29, 1.82) is 0 Å². The highest BCUT2D eigenvalue weighted by Crippen LogP contribution is 2.43. The second-order valence-electron chi connectivity index (χ2n) is 5.32. The first kappa shape index (κ1) is 13.6. The van der Waals surface area contributed by atoms with Crippen molar-refractivity contribution >= 4 is 0 Å². The summed E-state index contributed by atoms with van der Waals surface area (Å²) in [5.74, 6) is 0. The predicted molar refractivity (Wildman–Crippen MR) is 75.7 cm³/mol. The van der Waals surface area contributed by atoms with Gasteiger partial charge in [0.2, 0.25) is 0 Å². The maximum Gasteiger partial charge on any atom is 0.0480 e. The molecule has 0 saturated heterocycles. The van der Waals surface area contributed by atoms with Gasteiger partial charge in [-0.15, -0.1) is 0 Å². The van der Waals surface area contributed by atoms with Crippen LogP contribution >= 0.6 is 0 Å². The minimum Gasteiger partial charge on any atom is -0.382 e. The molecule has 0 aromatic heterocycles. The van der Waals surface area contributed by atoms with Gasteiger partial charge in [-0.1, -0.05) is 43.2 Å². The van der Waals surface area contributed by atoms with Crippen LogP contribution in [0.25, 0.3) is 0 Å². The second kappa shape index (κ2) is 6.35. The third-order valence-corrected chi connectivity index (χ3v) is 4.33. The second-order valence-corrected chi connectivity index (χ2v) is 5.32. The number of rotatable bonds is 6. The summed E-state index contributed by atoms with van der Waals surface area (Å²) < 4.78 is 5.46. The molecule has 1 aromatic rings. The van der Waals surface area contributed by atoms with Gasteiger partial charge >= 0.3 is 0 Å². The molecule has 0 aliphatic heterocycles. The van der Waals surface area contributed by atoms with Crippen molar-refractivity contribution in [3.05, 3.63) is 35.9 Å². The number of ether oxygens (including phenoxy) is 1. The van der Waals surface area contributed by atoms with Crippen LogP contribution in [0.5, 0.6) is 0 Å². The smallest absolute Gasteiger partial charge is 0.0480 e. The highest BCUT2D eigenvalue weighted by Gasteiger charge is 2.40. The van der Waals surface area contributed by atoms with Crippen LogP contribution < -0.4 is 5.73 Å². The molecule has 1 aromatic carbocycles. The Hall–Kier alpha value is -0.860. The van der Waals surface area contributed by atoms with Gasteiger partial charge in [-0.2, -0.15) is 0 Å². The van der Waals surface area contributed by atoms with Crippen molar-refractivity contribution < 1.29 is 4.74 Å². The molecule has 0 radical (unpaired) electrons. The van der Waals surface area contributed by atoms with Crippen molar-refractivity contribution in [2.45, 2.75) is 50.5 Å². The SMILES string of the molecule is CCOCCC(N)C1(c2ccccc2)CCCC1. The van der Waals surface area contributed by atoms with Crippen molar-refractivity contribution in [2.24, 2.45) is 5.73 Å². The molecule has 100 valence electrons. The molecule has 0 bridgehead atoms. The molecule has 2 rings (SSSR count). The Bertz CT molecular complexity index is 343. The molecule has 1 saturated carbocycles. The molecule has 1 atom stereocenters. The van der Waals surface area contributed by atoms with E-state index in [9.17, 15) is 0 Å². The van der Waals surface area contributed by atoms with Gasteiger partial charge in [0.05, 0.1) is 0 Å². The zero-order chi connectivity index (χ0) is 12.8. The van der Waals surface area contributed by atoms with Gasteiger partial charge in [0.1, 0.15) is 0 Å².